The quantitative estimate of drug-likeness (QED) is 0.479. The van der Waals surface area contributed by atoms with Crippen molar-refractivity contribution in [1.82, 2.24) is 0 Å². The largest absolute Gasteiger partial charge is 0.316 e. The van der Waals surface area contributed by atoms with Crippen molar-refractivity contribution in [3.63, 3.8) is 0 Å². The van der Waals surface area contributed by atoms with Gasteiger partial charge in [-0.25, -0.2) is 0 Å². The second-order valence-electron chi connectivity index (χ2n) is 3.09. The van der Waals surface area contributed by atoms with Crippen molar-refractivity contribution in [2.75, 3.05) is 6.16 Å². The highest BCUT2D eigenvalue weighted by atomic mass is 35.5. The Kier molecular flexibility index (Phi) is 2.74. The van der Waals surface area contributed by atoms with E-state index in [-0.39, 0.29) is 0 Å². The molecule has 0 aliphatic carbocycles. The van der Waals surface area contributed by atoms with Crippen LogP contribution < -0.4 is 0 Å². The van der Waals surface area contributed by atoms with Crippen LogP contribution in [0.2, 0.25) is 0 Å². The molecule has 11 heavy (non-hydrogen) atoms. The lowest BCUT2D eigenvalue weighted by molar-refractivity contribution is 0.580. The van der Waals surface area contributed by atoms with Gasteiger partial charge in [0.05, 0.1) is 0 Å². The number of rotatable bonds is 1. The normalized spacial score (nSPS) is 37.9. The minimum absolute atomic E-state index is 0.376. The highest BCUT2D eigenvalue weighted by molar-refractivity contribution is 7.71. The summed E-state index contributed by atoms with van der Waals surface area (Å²) in [7, 11) is -2.39. The Morgan fingerprint density at radius 2 is 2.27 bits per heavy atom. The lowest BCUT2D eigenvalue weighted by Crippen LogP contribution is -1.97. The molecular weight excluding hydrogens is 202 g/mol. The Labute approximate surface area is 77.1 Å². The Morgan fingerprint density at radius 1 is 1.73 bits per heavy atom. The van der Waals surface area contributed by atoms with Gasteiger partial charge in [0.1, 0.15) is 7.14 Å². The number of halogens is 2. The summed E-state index contributed by atoms with van der Waals surface area (Å²) in [5.74, 6) is 2.14. The monoisotopic (exact) mass is 212 g/mol. The first-order valence-electron chi connectivity index (χ1n) is 3.51. The van der Waals surface area contributed by atoms with Gasteiger partial charge in [-0.2, -0.15) is 0 Å². The molecular formula is C7H11Cl2OP. The molecule has 1 aliphatic heterocycles. The molecule has 64 valence electrons. The van der Waals surface area contributed by atoms with Crippen LogP contribution in [0.15, 0.2) is 11.4 Å². The van der Waals surface area contributed by atoms with Crippen molar-refractivity contribution >= 4 is 30.3 Å². The molecule has 1 aliphatic rings. The summed E-state index contributed by atoms with van der Waals surface area (Å²) in [5, 5.41) is 0. The third-order valence-electron chi connectivity index (χ3n) is 2.09. The topological polar surface area (TPSA) is 17.1 Å². The van der Waals surface area contributed by atoms with Crippen LogP contribution in [0.4, 0.5) is 0 Å². The first kappa shape index (κ1) is 9.64. The second-order valence-corrected chi connectivity index (χ2v) is 7.64. The van der Waals surface area contributed by atoms with Gasteiger partial charge in [0.25, 0.3) is 0 Å². The number of alkyl halides is 2. The van der Waals surface area contributed by atoms with E-state index in [1.54, 1.807) is 5.82 Å². The van der Waals surface area contributed by atoms with Gasteiger partial charge >= 0.3 is 0 Å². The Morgan fingerprint density at radius 3 is 2.45 bits per heavy atom. The summed E-state index contributed by atoms with van der Waals surface area (Å²) in [6, 6.07) is 0. The minimum atomic E-state index is -2.39. The summed E-state index contributed by atoms with van der Waals surface area (Å²) in [6.45, 7) is 4.02. The first-order valence-corrected chi connectivity index (χ1v) is 6.42. The van der Waals surface area contributed by atoms with E-state index in [4.69, 9.17) is 23.2 Å². The van der Waals surface area contributed by atoms with Crippen LogP contribution in [0, 0.1) is 5.92 Å². The van der Waals surface area contributed by atoms with E-state index in [2.05, 4.69) is 0 Å². The second kappa shape index (κ2) is 3.12. The van der Waals surface area contributed by atoms with E-state index in [0.29, 0.717) is 12.1 Å². The van der Waals surface area contributed by atoms with Gasteiger partial charge in [0, 0.05) is 6.16 Å². The van der Waals surface area contributed by atoms with Gasteiger partial charge in [0.15, 0.2) is 4.58 Å². The molecule has 0 N–H and O–H groups in total. The summed E-state index contributed by atoms with van der Waals surface area (Å²) < 4.78 is 11.1. The maximum absolute atomic E-state index is 11.8. The van der Waals surface area contributed by atoms with E-state index in [9.17, 15) is 4.57 Å². The lowest BCUT2D eigenvalue weighted by atomic mass is 10.1. The van der Waals surface area contributed by atoms with Crippen molar-refractivity contribution in [3.8, 4) is 0 Å². The van der Waals surface area contributed by atoms with Crippen LogP contribution in [-0.4, -0.2) is 10.7 Å². The van der Waals surface area contributed by atoms with E-state index >= 15 is 0 Å². The van der Waals surface area contributed by atoms with Crippen molar-refractivity contribution in [2.45, 2.75) is 18.4 Å². The molecule has 0 bridgehead atoms. The van der Waals surface area contributed by atoms with Gasteiger partial charge in [0.2, 0.25) is 0 Å². The zero-order valence-electron chi connectivity index (χ0n) is 6.55. The molecule has 0 amide bonds. The van der Waals surface area contributed by atoms with Gasteiger partial charge in [-0.15, -0.1) is 0 Å². The standard InChI is InChI=1S/C7H11Cl2OP/c1-5-3-11(10,7(8)9)4-6(5)2/h3,6-7H,4H2,1-2H3. The molecule has 0 spiro atoms. The zero-order chi connectivity index (χ0) is 8.65. The molecule has 4 heteroatoms. The van der Waals surface area contributed by atoms with Crippen molar-refractivity contribution in [3.05, 3.63) is 11.4 Å². The van der Waals surface area contributed by atoms with Crippen LogP contribution in [0.3, 0.4) is 0 Å². The van der Waals surface area contributed by atoms with E-state index < -0.39 is 11.7 Å². The Balaban J connectivity index is 2.89. The predicted molar refractivity (Wildman–Crippen MR) is 50.9 cm³/mol. The molecule has 0 aromatic heterocycles. The van der Waals surface area contributed by atoms with E-state index in [1.807, 2.05) is 13.8 Å². The fourth-order valence-corrected chi connectivity index (χ4v) is 4.51. The molecule has 0 radical (unpaired) electrons. The number of allylic oxidation sites excluding steroid dienone is 1. The molecule has 0 saturated heterocycles. The molecule has 0 saturated carbocycles. The van der Waals surface area contributed by atoms with Crippen LogP contribution in [0.25, 0.3) is 0 Å². The van der Waals surface area contributed by atoms with Crippen molar-refractivity contribution < 1.29 is 4.57 Å². The van der Waals surface area contributed by atoms with Crippen LogP contribution in [0.5, 0.6) is 0 Å². The SMILES string of the molecule is CC1=CP(=O)(C(Cl)Cl)CC1C. The Bertz CT molecular complexity index is 235. The predicted octanol–water partition coefficient (Wildman–Crippen LogP) is 3.66. The summed E-state index contributed by atoms with van der Waals surface area (Å²) in [4.78, 5) is 0. The molecule has 1 nitrogen and oxygen atoms in total. The molecule has 2 unspecified atom stereocenters. The molecule has 2 atom stereocenters. The minimum Gasteiger partial charge on any atom is -0.316 e. The average Bonchev–Trinajstić information content (AvgIpc) is 2.09. The highest BCUT2D eigenvalue weighted by Crippen LogP contribution is 2.62. The molecule has 1 rings (SSSR count). The fraction of sp³-hybridized carbons (Fsp3) is 0.714. The number of hydrogen-bond donors (Lipinski definition) is 0. The fourth-order valence-electron chi connectivity index (χ4n) is 1.23. The van der Waals surface area contributed by atoms with Crippen molar-refractivity contribution in [1.29, 1.82) is 0 Å². The molecule has 1 heterocycles. The summed E-state index contributed by atoms with van der Waals surface area (Å²) in [5.41, 5.74) is 1.15. The van der Waals surface area contributed by atoms with Gasteiger partial charge < -0.3 is 4.57 Å². The smallest absolute Gasteiger partial charge is 0.163 e. The molecule has 0 fully saturated rings. The van der Waals surface area contributed by atoms with Gasteiger partial charge in [-0.1, -0.05) is 35.7 Å². The average molecular weight is 213 g/mol. The van der Waals surface area contributed by atoms with E-state index in [1.165, 1.54) is 0 Å². The van der Waals surface area contributed by atoms with Crippen LogP contribution in [-0.2, 0) is 4.57 Å². The summed E-state index contributed by atoms with van der Waals surface area (Å²) in [6.07, 6.45) is 0.635. The molecule has 0 aromatic rings. The summed E-state index contributed by atoms with van der Waals surface area (Å²) >= 11 is 11.2. The van der Waals surface area contributed by atoms with Gasteiger partial charge in [-0.3, -0.25) is 0 Å². The van der Waals surface area contributed by atoms with Crippen molar-refractivity contribution in [2.24, 2.45) is 5.92 Å². The zero-order valence-corrected chi connectivity index (χ0v) is 8.96. The lowest BCUT2D eigenvalue weighted by Gasteiger charge is -2.10. The highest BCUT2D eigenvalue weighted by Gasteiger charge is 2.35. The third-order valence-corrected chi connectivity index (χ3v) is 6.69. The van der Waals surface area contributed by atoms with Gasteiger partial charge in [-0.05, 0) is 18.7 Å². The van der Waals surface area contributed by atoms with Crippen LogP contribution >= 0.6 is 30.3 Å². The maximum atomic E-state index is 11.8. The Hall–Kier alpha value is 0.550. The number of hydrogen-bond acceptors (Lipinski definition) is 1. The van der Waals surface area contributed by atoms with E-state index in [0.717, 1.165) is 5.57 Å². The molecule has 0 aromatic carbocycles. The van der Waals surface area contributed by atoms with Crippen LogP contribution in [0.1, 0.15) is 13.8 Å². The first-order chi connectivity index (χ1) is 4.96. The third kappa shape index (κ3) is 1.83. The maximum Gasteiger partial charge on any atom is 0.163 e.